The first kappa shape index (κ1) is 16.6. The Bertz CT molecular complexity index is 688. The van der Waals surface area contributed by atoms with Crippen LogP contribution in [0.4, 0.5) is 0 Å². The highest BCUT2D eigenvalue weighted by Crippen LogP contribution is 2.28. The number of imide groups is 1. The number of hydrogen-bond donors (Lipinski definition) is 3. The molecule has 3 amide bonds. The fourth-order valence-corrected chi connectivity index (χ4v) is 3.09. The number of fused-ring (bicyclic) bond motifs is 1. The van der Waals surface area contributed by atoms with E-state index in [0.29, 0.717) is 25.1 Å². The largest absolute Gasteiger partial charge is 0.395 e. The average molecular weight is 331 g/mol. The van der Waals surface area contributed by atoms with E-state index < -0.39 is 11.9 Å². The van der Waals surface area contributed by atoms with E-state index in [2.05, 4.69) is 10.6 Å². The zero-order valence-electron chi connectivity index (χ0n) is 13.5. The van der Waals surface area contributed by atoms with Crippen molar-refractivity contribution in [3.63, 3.8) is 0 Å². The van der Waals surface area contributed by atoms with Crippen LogP contribution in [0, 0.1) is 0 Å². The maximum absolute atomic E-state index is 12.6. The molecule has 0 spiro atoms. The fourth-order valence-electron chi connectivity index (χ4n) is 3.09. The number of aliphatic hydroxyl groups excluding tert-OH is 1. The third-order valence-corrected chi connectivity index (χ3v) is 4.52. The third kappa shape index (κ3) is 3.18. The molecule has 0 aliphatic carbocycles. The molecular weight excluding hydrogens is 310 g/mol. The Hall–Kier alpha value is -2.25. The first-order valence-electron chi connectivity index (χ1n) is 8.10. The van der Waals surface area contributed by atoms with Crippen molar-refractivity contribution in [1.82, 2.24) is 15.5 Å². The van der Waals surface area contributed by atoms with Gasteiger partial charge in [0.05, 0.1) is 6.61 Å². The first-order chi connectivity index (χ1) is 11.5. The molecule has 0 bridgehead atoms. The zero-order valence-corrected chi connectivity index (χ0v) is 13.5. The Morgan fingerprint density at radius 3 is 2.88 bits per heavy atom. The first-order valence-corrected chi connectivity index (χ1v) is 8.10. The number of carbonyl (C=O) groups excluding carboxylic acids is 3. The van der Waals surface area contributed by atoms with Crippen molar-refractivity contribution in [3.8, 4) is 0 Å². The molecule has 1 saturated heterocycles. The fraction of sp³-hybridized carbons (Fsp3) is 0.471. The van der Waals surface area contributed by atoms with E-state index in [1.807, 2.05) is 19.1 Å². The van der Waals surface area contributed by atoms with Crippen molar-refractivity contribution >= 4 is 17.7 Å². The van der Waals surface area contributed by atoms with Crippen LogP contribution in [0.3, 0.4) is 0 Å². The van der Waals surface area contributed by atoms with Gasteiger partial charge in [0.15, 0.2) is 0 Å². The second kappa shape index (κ2) is 6.70. The van der Waals surface area contributed by atoms with E-state index >= 15 is 0 Å². The second-order valence-electron chi connectivity index (χ2n) is 6.36. The summed E-state index contributed by atoms with van der Waals surface area (Å²) >= 11 is 0. The maximum atomic E-state index is 12.6. The molecule has 2 aliphatic rings. The highest BCUT2D eigenvalue weighted by Gasteiger charge is 2.38. The lowest BCUT2D eigenvalue weighted by atomic mass is 10.0. The van der Waals surface area contributed by atoms with Gasteiger partial charge in [-0.05, 0) is 30.5 Å². The number of piperidine rings is 1. The Labute approximate surface area is 140 Å². The minimum Gasteiger partial charge on any atom is -0.395 e. The van der Waals surface area contributed by atoms with E-state index in [-0.39, 0.29) is 30.9 Å². The summed E-state index contributed by atoms with van der Waals surface area (Å²) < 4.78 is 0. The van der Waals surface area contributed by atoms with Crippen LogP contribution in [0.5, 0.6) is 0 Å². The molecule has 0 radical (unpaired) electrons. The van der Waals surface area contributed by atoms with Crippen molar-refractivity contribution < 1.29 is 19.5 Å². The molecule has 3 N–H and O–H groups in total. The lowest BCUT2D eigenvalue weighted by molar-refractivity contribution is -0.136. The van der Waals surface area contributed by atoms with Crippen LogP contribution in [0.15, 0.2) is 18.2 Å². The van der Waals surface area contributed by atoms with E-state index in [0.717, 1.165) is 11.1 Å². The smallest absolute Gasteiger partial charge is 0.255 e. The molecule has 1 fully saturated rings. The lowest BCUT2D eigenvalue weighted by Crippen LogP contribution is -2.52. The molecule has 2 aliphatic heterocycles. The van der Waals surface area contributed by atoms with Gasteiger partial charge in [0, 0.05) is 31.1 Å². The number of benzene rings is 1. The molecule has 7 heteroatoms. The van der Waals surface area contributed by atoms with Crippen LogP contribution in [0.2, 0.25) is 0 Å². The Balaban J connectivity index is 1.73. The van der Waals surface area contributed by atoms with E-state index in [1.165, 1.54) is 0 Å². The second-order valence-corrected chi connectivity index (χ2v) is 6.36. The summed E-state index contributed by atoms with van der Waals surface area (Å²) in [6.07, 6.45) is 0.623. The zero-order chi connectivity index (χ0) is 17.3. The molecule has 128 valence electrons. The topological polar surface area (TPSA) is 98.7 Å². The summed E-state index contributed by atoms with van der Waals surface area (Å²) in [5.41, 5.74) is 2.52. The number of amides is 3. The van der Waals surface area contributed by atoms with Gasteiger partial charge in [0.25, 0.3) is 5.91 Å². The quantitative estimate of drug-likeness (QED) is 0.656. The molecule has 3 rings (SSSR count). The van der Waals surface area contributed by atoms with Crippen molar-refractivity contribution in [1.29, 1.82) is 0 Å². The maximum Gasteiger partial charge on any atom is 0.255 e. The van der Waals surface area contributed by atoms with Gasteiger partial charge in [-0.3, -0.25) is 19.7 Å². The highest BCUT2D eigenvalue weighted by atomic mass is 16.3. The van der Waals surface area contributed by atoms with Crippen molar-refractivity contribution in [2.45, 2.75) is 44.9 Å². The van der Waals surface area contributed by atoms with Gasteiger partial charge in [0.1, 0.15) is 6.04 Å². The van der Waals surface area contributed by atoms with E-state index in [9.17, 15) is 14.4 Å². The number of hydrogen-bond acceptors (Lipinski definition) is 5. The summed E-state index contributed by atoms with van der Waals surface area (Å²) in [4.78, 5) is 37.4. The molecular formula is C17H21N3O4. The number of aliphatic hydroxyl groups is 1. The molecule has 2 heterocycles. The standard InChI is InChI=1S/C17H21N3O4/c1-10(9-21)18-7-11-2-3-13-12(6-11)8-20(17(13)24)14-4-5-15(22)19-16(14)23/h2-3,6,10,14,18,21H,4-5,7-9H2,1H3,(H,19,22,23)/t10-,14?/m0/s1. The molecule has 1 aromatic carbocycles. The normalized spacial score (nSPS) is 21.7. The summed E-state index contributed by atoms with van der Waals surface area (Å²) in [5.74, 6) is -0.847. The van der Waals surface area contributed by atoms with Gasteiger partial charge in [0.2, 0.25) is 11.8 Å². The molecule has 1 unspecified atom stereocenters. The minimum absolute atomic E-state index is 0.000133. The lowest BCUT2D eigenvalue weighted by Gasteiger charge is -2.29. The van der Waals surface area contributed by atoms with Crippen molar-refractivity contribution in [2.75, 3.05) is 6.61 Å². The van der Waals surface area contributed by atoms with Gasteiger partial charge >= 0.3 is 0 Å². The number of nitrogens with zero attached hydrogens (tertiary/aromatic N) is 1. The van der Waals surface area contributed by atoms with Gasteiger partial charge in [-0.15, -0.1) is 0 Å². The summed E-state index contributed by atoms with van der Waals surface area (Å²) in [6.45, 7) is 2.93. The van der Waals surface area contributed by atoms with Gasteiger partial charge in [-0.1, -0.05) is 12.1 Å². The van der Waals surface area contributed by atoms with E-state index in [4.69, 9.17) is 5.11 Å². The molecule has 2 atom stereocenters. The predicted octanol–water partition coefficient (Wildman–Crippen LogP) is -0.0820. The molecule has 0 aromatic heterocycles. The SMILES string of the molecule is C[C@@H](CO)NCc1ccc2c(c1)CN(C1CCC(=O)NC1=O)C2=O. The van der Waals surface area contributed by atoms with Crippen LogP contribution in [0.25, 0.3) is 0 Å². The van der Waals surface area contributed by atoms with Crippen LogP contribution >= 0.6 is 0 Å². The monoisotopic (exact) mass is 331 g/mol. The van der Waals surface area contributed by atoms with Crippen molar-refractivity contribution in [2.24, 2.45) is 0 Å². The predicted molar refractivity (Wildman–Crippen MR) is 85.9 cm³/mol. The highest BCUT2D eigenvalue weighted by molar-refractivity contribution is 6.05. The Morgan fingerprint density at radius 1 is 1.38 bits per heavy atom. The van der Waals surface area contributed by atoms with Crippen LogP contribution < -0.4 is 10.6 Å². The van der Waals surface area contributed by atoms with Crippen LogP contribution in [0.1, 0.15) is 41.3 Å². The number of carbonyl (C=O) groups is 3. The average Bonchev–Trinajstić information content (AvgIpc) is 2.89. The molecule has 7 nitrogen and oxygen atoms in total. The minimum atomic E-state index is -0.585. The Morgan fingerprint density at radius 2 is 2.17 bits per heavy atom. The molecule has 24 heavy (non-hydrogen) atoms. The van der Waals surface area contributed by atoms with Crippen molar-refractivity contribution in [3.05, 3.63) is 34.9 Å². The summed E-state index contributed by atoms with van der Waals surface area (Å²) in [7, 11) is 0. The van der Waals surface area contributed by atoms with Crippen LogP contribution in [-0.4, -0.2) is 46.4 Å². The molecule has 1 aromatic rings. The number of rotatable bonds is 5. The van der Waals surface area contributed by atoms with Gasteiger partial charge < -0.3 is 15.3 Å². The van der Waals surface area contributed by atoms with E-state index in [1.54, 1.807) is 11.0 Å². The third-order valence-electron chi connectivity index (χ3n) is 4.52. The molecule has 0 saturated carbocycles. The van der Waals surface area contributed by atoms with Crippen LogP contribution in [-0.2, 0) is 22.7 Å². The number of nitrogens with one attached hydrogen (secondary N) is 2. The van der Waals surface area contributed by atoms with Gasteiger partial charge in [-0.2, -0.15) is 0 Å². The summed E-state index contributed by atoms with van der Waals surface area (Å²) in [6, 6.07) is 5.03. The van der Waals surface area contributed by atoms with Gasteiger partial charge in [-0.25, -0.2) is 0 Å². The summed E-state index contributed by atoms with van der Waals surface area (Å²) in [5, 5.41) is 14.5. The Kier molecular flexibility index (Phi) is 4.64.